The molecular formula is C26H23N3OS. The number of hydrogen-bond donors (Lipinski definition) is 1. The molecule has 0 aliphatic carbocycles. The summed E-state index contributed by atoms with van der Waals surface area (Å²) in [6, 6.07) is 28.4. The van der Waals surface area contributed by atoms with Crippen molar-refractivity contribution in [2.45, 2.75) is 24.0 Å². The minimum atomic E-state index is -0.00209. The molecule has 0 bridgehead atoms. The Hall–Kier alpha value is -3.31. The second-order valence-corrected chi connectivity index (χ2v) is 8.72. The third kappa shape index (κ3) is 4.42. The van der Waals surface area contributed by atoms with Gasteiger partial charge in [-0.15, -0.1) is 0 Å². The third-order valence-corrected chi connectivity index (χ3v) is 6.51. The number of carbonyl (C=O) groups is 1. The molecule has 1 aliphatic heterocycles. The number of nitrogens with one attached hydrogen (secondary N) is 1. The Balaban J connectivity index is 1.34. The first kappa shape index (κ1) is 19.6. The van der Waals surface area contributed by atoms with Crippen LogP contribution in [0.15, 0.2) is 96.3 Å². The molecule has 31 heavy (non-hydrogen) atoms. The highest BCUT2D eigenvalue weighted by Crippen LogP contribution is 2.31. The number of thioether (sulfide) groups is 1. The van der Waals surface area contributed by atoms with Crippen molar-refractivity contribution in [1.29, 1.82) is 0 Å². The molecule has 4 aromatic rings. The summed E-state index contributed by atoms with van der Waals surface area (Å²) in [6.45, 7) is 1.00. The lowest BCUT2D eigenvalue weighted by Gasteiger charge is -2.18. The molecular weight excluding hydrogens is 402 g/mol. The Bertz CT molecular complexity index is 1130. The molecule has 154 valence electrons. The quantitative estimate of drug-likeness (QED) is 0.424. The lowest BCUT2D eigenvalue weighted by Crippen LogP contribution is -2.16. The van der Waals surface area contributed by atoms with Gasteiger partial charge in [-0.3, -0.25) is 4.79 Å². The Kier molecular flexibility index (Phi) is 5.59. The van der Waals surface area contributed by atoms with E-state index in [1.807, 2.05) is 60.7 Å². The Morgan fingerprint density at radius 2 is 1.68 bits per heavy atom. The number of fused-ring (bicyclic) bond motifs is 1. The predicted molar refractivity (Wildman–Crippen MR) is 126 cm³/mol. The maximum absolute atomic E-state index is 13.0. The zero-order chi connectivity index (χ0) is 21.0. The minimum Gasteiger partial charge on any atom is -0.326 e. The van der Waals surface area contributed by atoms with Crippen LogP contribution in [0.25, 0.3) is 11.3 Å². The van der Waals surface area contributed by atoms with Crippen LogP contribution in [0.4, 0.5) is 5.69 Å². The lowest BCUT2D eigenvalue weighted by atomic mass is 9.88. The van der Waals surface area contributed by atoms with Gasteiger partial charge >= 0.3 is 0 Å². The van der Waals surface area contributed by atoms with Gasteiger partial charge in [0.1, 0.15) is 0 Å². The molecule has 0 unspecified atom stereocenters. The maximum Gasteiger partial charge on any atom is 0.225 e. The summed E-state index contributed by atoms with van der Waals surface area (Å²) in [6.07, 6.45) is 2.48. The predicted octanol–water partition coefficient (Wildman–Crippen LogP) is 5.82. The number of imidazole rings is 1. The van der Waals surface area contributed by atoms with Gasteiger partial charge in [-0.2, -0.15) is 0 Å². The summed E-state index contributed by atoms with van der Waals surface area (Å²) < 4.78 is 2.19. The fourth-order valence-corrected chi connectivity index (χ4v) is 4.94. The van der Waals surface area contributed by atoms with Gasteiger partial charge in [0.15, 0.2) is 5.16 Å². The molecule has 3 aromatic carbocycles. The zero-order valence-electron chi connectivity index (χ0n) is 17.1. The first-order chi connectivity index (χ1) is 15.3. The maximum atomic E-state index is 13.0. The highest BCUT2D eigenvalue weighted by Gasteiger charge is 2.19. The second kappa shape index (κ2) is 8.82. The van der Waals surface area contributed by atoms with Gasteiger partial charge in [0.2, 0.25) is 5.91 Å². The zero-order valence-corrected chi connectivity index (χ0v) is 17.9. The molecule has 0 saturated carbocycles. The van der Waals surface area contributed by atoms with Crippen molar-refractivity contribution in [1.82, 2.24) is 9.55 Å². The van der Waals surface area contributed by atoms with E-state index >= 15 is 0 Å². The molecule has 1 amide bonds. The van der Waals surface area contributed by atoms with Gasteiger partial charge in [-0.25, -0.2) is 4.98 Å². The molecule has 1 N–H and O–H groups in total. The number of carbonyl (C=O) groups excluding carboxylic acids is 1. The Morgan fingerprint density at radius 1 is 0.968 bits per heavy atom. The third-order valence-electron chi connectivity index (χ3n) is 5.54. The molecule has 5 heteroatoms. The van der Waals surface area contributed by atoms with E-state index in [9.17, 15) is 4.79 Å². The summed E-state index contributed by atoms with van der Waals surface area (Å²) in [7, 11) is 0. The van der Waals surface area contributed by atoms with E-state index in [2.05, 4.69) is 40.3 Å². The minimum absolute atomic E-state index is 0.00209. The number of nitrogens with zero attached hydrogens (tertiary/aromatic N) is 2. The van der Waals surface area contributed by atoms with E-state index in [-0.39, 0.29) is 11.8 Å². The number of aryl methyl sites for hydroxylation is 1. The van der Waals surface area contributed by atoms with Crippen LogP contribution < -0.4 is 5.32 Å². The van der Waals surface area contributed by atoms with Crippen LogP contribution in [0.5, 0.6) is 0 Å². The smallest absolute Gasteiger partial charge is 0.225 e. The summed E-state index contributed by atoms with van der Waals surface area (Å²) >= 11 is 1.78. The highest BCUT2D eigenvalue weighted by atomic mass is 32.2. The first-order valence-electron chi connectivity index (χ1n) is 10.5. The lowest BCUT2D eigenvalue weighted by molar-refractivity contribution is -0.116. The molecule has 4 nitrogen and oxygen atoms in total. The largest absolute Gasteiger partial charge is 0.326 e. The molecule has 0 saturated heterocycles. The number of aromatic nitrogens is 2. The molecule has 2 heterocycles. The SMILES string of the molecule is O=C(CC(c1ccccc1)c1ccccc1)Nc1cccc(-c2cn3c(n2)SCC3)c1. The van der Waals surface area contributed by atoms with Gasteiger partial charge < -0.3 is 9.88 Å². The van der Waals surface area contributed by atoms with Crippen LogP contribution in [-0.4, -0.2) is 21.2 Å². The summed E-state index contributed by atoms with van der Waals surface area (Å²) in [5, 5.41) is 4.16. The fraction of sp³-hybridized carbons (Fsp3) is 0.154. The van der Waals surface area contributed by atoms with Crippen LogP contribution in [0.1, 0.15) is 23.5 Å². The van der Waals surface area contributed by atoms with Crippen molar-refractivity contribution >= 4 is 23.4 Å². The second-order valence-electron chi connectivity index (χ2n) is 7.66. The van der Waals surface area contributed by atoms with Gasteiger partial charge in [-0.05, 0) is 23.3 Å². The van der Waals surface area contributed by atoms with Crippen molar-refractivity contribution < 1.29 is 4.79 Å². The van der Waals surface area contributed by atoms with E-state index in [1.165, 1.54) is 0 Å². The standard InChI is InChI=1S/C26H23N3OS/c30-25(17-23(19-8-3-1-4-9-19)20-10-5-2-6-11-20)27-22-13-7-12-21(16-22)24-18-29-14-15-31-26(29)28-24/h1-13,16,18,23H,14-15,17H2,(H,27,30). The normalized spacial score (nSPS) is 12.7. The number of benzene rings is 3. The fourth-order valence-electron chi connectivity index (χ4n) is 4.00. The van der Waals surface area contributed by atoms with Crippen LogP contribution in [0.2, 0.25) is 0 Å². The van der Waals surface area contributed by atoms with Gasteiger partial charge in [-0.1, -0.05) is 84.6 Å². The van der Waals surface area contributed by atoms with Crippen LogP contribution in [0, 0.1) is 0 Å². The van der Waals surface area contributed by atoms with E-state index in [0.29, 0.717) is 6.42 Å². The molecule has 0 atom stereocenters. The molecule has 1 aliphatic rings. The van der Waals surface area contributed by atoms with Gasteiger partial charge in [0.25, 0.3) is 0 Å². The average Bonchev–Trinajstić information content (AvgIpc) is 3.42. The molecule has 1 aromatic heterocycles. The van der Waals surface area contributed by atoms with Crippen molar-refractivity contribution in [3.05, 3.63) is 102 Å². The molecule has 0 radical (unpaired) electrons. The highest BCUT2D eigenvalue weighted by molar-refractivity contribution is 7.99. The van der Waals surface area contributed by atoms with Crippen LogP contribution in [0.3, 0.4) is 0 Å². The van der Waals surface area contributed by atoms with Gasteiger partial charge in [0, 0.05) is 42.1 Å². The van der Waals surface area contributed by atoms with Crippen LogP contribution >= 0.6 is 11.8 Å². The molecule has 5 rings (SSSR count). The Morgan fingerprint density at radius 3 is 2.35 bits per heavy atom. The first-order valence-corrected chi connectivity index (χ1v) is 11.4. The van der Waals surface area contributed by atoms with E-state index < -0.39 is 0 Å². The van der Waals surface area contributed by atoms with Crippen molar-refractivity contribution in [2.24, 2.45) is 0 Å². The number of anilines is 1. The van der Waals surface area contributed by atoms with E-state index in [1.54, 1.807) is 11.8 Å². The molecule has 0 spiro atoms. The number of amides is 1. The number of hydrogen-bond acceptors (Lipinski definition) is 3. The summed E-state index contributed by atoms with van der Waals surface area (Å²) in [5.41, 5.74) is 5.04. The molecule has 0 fully saturated rings. The summed E-state index contributed by atoms with van der Waals surface area (Å²) in [4.78, 5) is 17.7. The van der Waals surface area contributed by atoms with Crippen molar-refractivity contribution in [2.75, 3.05) is 11.1 Å². The Labute approximate surface area is 186 Å². The van der Waals surface area contributed by atoms with E-state index in [0.717, 1.165) is 45.5 Å². The van der Waals surface area contributed by atoms with E-state index in [4.69, 9.17) is 4.98 Å². The summed E-state index contributed by atoms with van der Waals surface area (Å²) in [5.74, 6) is 1.10. The van der Waals surface area contributed by atoms with Gasteiger partial charge in [0.05, 0.1) is 5.69 Å². The monoisotopic (exact) mass is 425 g/mol. The number of rotatable bonds is 6. The van der Waals surface area contributed by atoms with Crippen molar-refractivity contribution in [3.63, 3.8) is 0 Å². The average molecular weight is 426 g/mol. The van der Waals surface area contributed by atoms with Crippen LogP contribution in [-0.2, 0) is 11.3 Å². The van der Waals surface area contributed by atoms with Crippen molar-refractivity contribution in [3.8, 4) is 11.3 Å². The topological polar surface area (TPSA) is 46.9 Å².